The number of halogens is 2. The summed E-state index contributed by atoms with van der Waals surface area (Å²) in [6.07, 6.45) is 0.893. The molecule has 2 heterocycles. The summed E-state index contributed by atoms with van der Waals surface area (Å²) in [5.74, 6) is -1.45. The summed E-state index contributed by atoms with van der Waals surface area (Å²) in [4.78, 5) is 28.9. The van der Waals surface area contributed by atoms with E-state index in [-0.39, 0.29) is 27.8 Å². The third kappa shape index (κ3) is 3.04. The van der Waals surface area contributed by atoms with E-state index in [1.54, 1.807) is 4.90 Å². The van der Waals surface area contributed by atoms with Crippen molar-refractivity contribution >= 4 is 35.1 Å². The number of aromatic nitrogens is 1. The number of piperidine rings is 1. The SMILES string of the molecule is CC1CC(C(=O)O)CCN1C(=O)c1ccc(Cl)nc1Cl. The summed E-state index contributed by atoms with van der Waals surface area (Å²) in [5.41, 5.74) is 0.289. The van der Waals surface area contributed by atoms with Crippen LogP contribution in [0.5, 0.6) is 0 Å². The number of pyridine rings is 1. The fraction of sp³-hybridized carbons (Fsp3) is 0.462. The minimum absolute atomic E-state index is 0.0649. The van der Waals surface area contributed by atoms with Gasteiger partial charge in [-0.25, -0.2) is 4.98 Å². The molecular formula is C13H14Cl2N2O3. The molecule has 1 N–H and O–H groups in total. The Morgan fingerprint density at radius 3 is 2.65 bits per heavy atom. The summed E-state index contributed by atoms with van der Waals surface area (Å²) in [7, 11) is 0. The number of amides is 1. The van der Waals surface area contributed by atoms with Crippen LogP contribution < -0.4 is 0 Å². The molecule has 0 spiro atoms. The van der Waals surface area contributed by atoms with Crippen LogP contribution >= 0.6 is 23.2 Å². The van der Waals surface area contributed by atoms with Gasteiger partial charge in [0.15, 0.2) is 0 Å². The van der Waals surface area contributed by atoms with Crippen molar-refractivity contribution in [2.45, 2.75) is 25.8 Å². The van der Waals surface area contributed by atoms with Gasteiger partial charge in [-0.3, -0.25) is 9.59 Å². The molecule has 2 atom stereocenters. The third-order valence-corrected chi connectivity index (χ3v) is 4.03. The first-order valence-corrected chi connectivity index (χ1v) is 7.01. The molecule has 1 saturated heterocycles. The molecule has 0 radical (unpaired) electrons. The van der Waals surface area contributed by atoms with Crippen LogP contribution in [0.2, 0.25) is 10.3 Å². The lowest BCUT2D eigenvalue weighted by Gasteiger charge is -2.36. The zero-order valence-corrected chi connectivity index (χ0v) is 12.4. The number of carboxylic acids is 1. The van der Waals surface area contributed by atoms with Crippen LogP contribution in [0.3, 0.4) is 0 Å². The van der Waals surface area contributed by atoms with Gasteiger partial charge in [0.2, 0.25) is 0 Å². The highest BCUT2D eigenvalue weighted by Gasteiger charge is 2.33. The second kappa shape index (κ2) is 5.97. The molecule has 2 rings (SSSR count). The third-order valence-electron chi connectivity index (χ3n) is 3.53. The number of aliphatic carboxylic acids is 1. The predicted octanol–water partition coefficient (Wildman–Crippen LogP) is 2.71. The zero-order valence-electron chi connectivity index (χ0n) is 10.8. The smallest absolute Gasteiger partial charge is 0.306 e. The van der Waals surface area contributed by atoms with Gasteiger partial charge in [-0.2, -0.15) is 0 Å². The van der Waals surface area contributed by atoms with Gasteiger partial charge < -0.3 is 10.0 Å². The molecule has 2 unspecified atom stereocenters. The van der Waals surface area contributed by atoms with Crippen LogP contribution in [0.25, 0.3) is 0 Å². The molecule has 7 heteroatoms. The van der Waals surface area contributed by atoms with E-state index >= 15 is 0 Å². The lowest BCUT2D eigenvalue weighted by Crippen LogP contribution is -2.46. The van der Waals surface area contributed by atoms with E-state index in [2.05, 4.69) is 4.98 Å². The lowest BCUT2D eigenvalue weighted by atomic mass is 9.91. The molecule has 1 aromatic rings. The first-order valence-electron chi connectivity index (χ1n) is 6.26. The van der Waals surface area contributed by atoms with Gasteiger partial charge in [-0.15, -0.1) is 0 Å². The maximum atomic E-state index is 12.4. The molecule has 5 nitrogen and oxygen atoms in total. The number of hydrogen-bond donors (Lipinski definition) is 1. The van der Waals surface area contributed by atoms with Crippen LogP contribution in [-0.2, 0) is 4.79 Å². The highest BCUT2D eigenvalue weighted by molar-refractivity contribution is 6.34. The van der Waals surface area contributed by atoms with E-state index in [0.717, 1.165) is 0 Å². The normalized spacial score (nSPS) is 22.6. The molecule has 20 heavy (non-hydrogen) atoms. The Bertz CT molecular complexity index is 550. The Hall–Kier alpha value is -1.33. The van der Waals surface area contributed by atoms with E-state index in [9.17, 15) is 9.59 Å². The minimum atomic E-state index is -0.810. The van der Waals surface area contributed by atoms with Gasteiger partial charge in [-0.1, -0.05) is 23.2 Å². The van der Waals surface area contributed by atoms with Gasteiger partial charge in [0.25, 0.3) is 5.91 Å². The standard InChI is InChI=1S/C13H14Cl2N2O3/c1-7-6-8(13(19)20)4-5-17(7)12(18)9-2-3-10(14)16-11(9)15/h2-3,7-8H,4-6H2,1H3,(H,19,20). The molecule has 0 bridgehead atoms. The predicted molar refractivity (Wildman–Crippen MR) is 75.1 cm³/mol. The monoisotopic (exact) mass is 316 g/mol. The van der Waals surface area contributed by atoms with Crippen molar-refractivity contribution in [1.29, 1.82) is 0 Å². The molecule has 108 valence electrons. The second-order valence-corrected chi connectivity index (χ2v) is 5.62. The lowest BCUT2D eigenvalue weighted by molar-refractivity contribution is -0.143. The molecule has 0 saturated carbocycles. The summed E-state index contributed by atoms with van der Waals surface area (Å²) >= 11 is 11.6. The van der Waals surface area contributed by atoms with E-state index in [4.69, 9.17) is 28.3 Å². The molecule has 1 aliphatic heterocycles. The van der Waals surface area contributed by atoms with Crippen LogP contribution in [0.15, 0.2) is 12.1 Å². The van der Waals surface area contributed by atoms with Crippen LogP contribution in [0.4, 0.5) is 0 Å². The average Bonchev–Trinajstić information content (AvgIpc) is 2.37. The van der Waals surface area contributed by atoms with Gasteiger partial charge >= 0.3 is 5.97 Å². The first kappa shape index (κ1) is 15.1. The van der Waals surface area contributed by atoms with Crippen molar-refractivity contribution < 1.29 is 14.7 Å². The Balaban J connectivity index is 2.16. The van der Waals surface area contributed by atoms with Crippen LogP contribution in [-0.4, -0.2) is 39.5 Å². The summed E-state index contributed by atoms with van der Waals surface area (Å²) < 4.78 is 0. The number of likely N-dealkylation sites (tertiary alicyclic amines) is 1. The van der Waals surface area contributed by atoms with Crippen molar-refractivity contribution in [2.24, 2.45) is 5.92 Å². The average molecular weight is 317 g/mol. The van der Waals surface area contributed by atoms with Crippen molar-refractivity contribution in [1.82, 2.24) is 9.88 Å². The Morgan fingerprint density at radius 2 is 2.10 bits per heavy atom. The van der Waals surface area contributed by atoms with E-state index in [1.165, 1.54) is 12.1 Å². The fourth-order valence-electron chi connectivity index (χ4n) is 2.42. The quantitative estimate of drug-likeness (QED) is 0.852. The minimum Gasteiger partial charge on any atom is -0.481 e. The topological polar surface area (TPSA) is 70.5 Å². The van der Waals surface area contributed by atoms with Gasteiger partial charge in [0.05, 0.1) is 11.5 Å². The van der Waals surface area contributed by atoms with Gasteiger partial charge in [0, 0.05) is 12.6 Å². The number of nitrogens with zero attached hydrogens (tertiary/aromatic N) is 2. The van der Waals surface area contributed by atoms with Crippen LogP contribution in [0, 0.1) is 5.92 Å². The molecule has 0 aromatic carbocycles. The number of hydrogen-bond acceptors (Lipinski definition) is 3. The zero-order chi connectivity index (χ0) is 14.9. The van der Waals surface area contributed by atoms with Crippen molar-refractivity contribution in [3.8, 4) is 0 Å². The fourth-order valence-corrected chi connectivity index (χ4v) is 2.85. The maximum absolute atomic E-state index is 12.4. The highest BCUT2D eigenvalue weighted by atomic mass is 35.5. The summed E-state index contributed by atoms with van der Waals surface area (Å²) in [6.45, 7) is 2.24. The molecule has 0 aliphatic carbocycles. The summed E-state index contributed by atoms with van der Waals surface area (Å²) in [5, 5.41) is 9.31. The van der Waals surface area contributed by atoms with Gasteiger partial charge in [0.1, 0.15) is 10.3 Å². The van der Waals surface area contributed by atoms with Crippen molar-refractivity contribution in [3.05, 3.63) is 28.0 Å². The summed E-state index contributed by atoms with van der Waals surface area (Å²) in [6, 6.07) is 2.90. The van der Waals surface area contributed by atoms with E-state index in [1.807, 2.05) is 6.92 Å². The van der Waals surface area contributed by atoms with Crippen LogP contribution in [0.1, 0.15) is 30.1 Å². The molecule has 1 aliphatic rings. The molecule has 1 amide bonds. The maximum Gasteiger partial charge on any atom is 0.306 e. The highest BCUT2D eigenvalue weighted by Crippen LogP contribution is 2.26. The largest absolute Gasteiger partial charge is 0.481 e. The Kier molecular flexibility index (Phi) is 4.50. The number of carbonyl (C=O) groups excluding carboxylic acids is 1. The Morgan fingerprint density at radius 1 is 1.40 bits per heavy atom. The number of carbonyl (C=O) groups is 2. The van der Waals surface area contributed by atoms with Crippen molar-refractivity contribution in [2.75, 3.05) is 6.54 Å². The molecule has 1 aromatic heterocycles. The Labute approximate surface area is 126 Å². The molecular weight excluding hydrogens is 303 g/mol. The first-order chi connectivity index (χ1) is 9.40. The molecule has 1 fully saturated rings. The van der Waals surface area contributed by atoms with E-state index in [0.29, 0.717) is 19.4 Å². The van der Waals surface area contributed by atoms with Gasteiger partial charge in [-0.05, 0) is 31.9 Å². The second-order valence-electron chi connectivity index (χ2n) is 4.88. The number of rotatable bonds is 2. The van der Waals surface area contributed by atoms with Crippen molar-refractivity contribution in [3.63, 3.8) is 0 Å². The number of carboxylic acid groups (broad SMARTS) is 1. The van der Waals surface area contributed by atoms with E-state index < -0.39 is 11.9 Å².